The summed E-state index contributed by atoms with van der Waals surface area (Å²) in [5.41, 5.74) is 3.45. The topological polar surface area (TPSA) is 91.2 Å². The molecule has 0 saturated heterocycles. The Morgan fingerprint density at radius 2 is 1.83 bits per heavy atom. The summed E-state index contributed by atoms with van der Waals surface area (Å²) in [6, 6.07) is 9.19. The molecule has 10 heteroatoms. The number of benzene rings is 2. The van der Waals surface area contributed by atoms with E-state index >= 15 is 0 Å². The molecule has 1 heterocycles. The monoisotopic (exact) mass is 447 g/mol. The minimum absolute atomic E-state index is 0.237. The lowest BCUT2D eigenvalue weighted by Gasteiger charge is -2.16. The van der Waals surface area contributed by atoms with Crippen LogP contribution < -0.4 is 14.8 Å². The van der Waals surface area contributed by atoms with Gasteiger partial charge in [-0.05, 0) is 42.3 Å². The second-order valence-corrected chi connectivity index (χ2v) is 8.27. The number of nitrogens with zero attached hydrogens (tertiary/aromatic N) is 4. The number of carbonyl (C=O) groups excluding carboxylic acids is 1. The van der Waals surface area contributed by atoms with Gasteiger partial charge in [0.25, 0.3) is 0 Å². The summed E-state index contributed by atoms with van der Waals surface area (Å²) in [4.78, 5) is 12.8. The maximum absolute atomic E-state index is 12.8. The molecule has 1 atom stereocenters. The molecular formula is C20H22ClN5O3S. The van der Waals surface area contributed by atoms with E-state index in [1.54, 1.807) is 23.7 Å². The van der Waals surface area contributed by atoms with Gasteiger partial charge in [0.05, 0.1) is 35.9 Å². The zero-order valence-corrected chi connectivity index (χ0v) is 18.8. The first kappa shape index (κ1) is 21.9. The van der Waals surface area contributed by atoms with Crippen LogP contribution in [0.25, 0.3) is 5.69 Å². The van der Waals surface area contributed by atoms with Gasteiger partial charge in [-0.2, -0.15) is 4.68 Å². The van der Waals surface area contributed by atoms with Crippen molar-refractivity contribution in [3.8, 4) is 17.2 Å². The molecule has 1 N–H and O–H groups in total. The first-order chi connectivity index (χ1) is 14.3. The fourth-order valence-electron chi connectivity index (χ4n) is 2.94. The zero-order chi connectivity index (χ0) is 21.8. The predicted molar refractivity (Wildman–Crippen MR) is 117 cm³/mol. The number of aromatic nitrogens is 4. The van der Waals surface area contributed by atoms with E-state index in [2.05, 4.69) is 20.8 Å². The molecule has 3 rings (SSSR count). The van der Waals surface area contributed by atoms with Gasteiger partial charge in [-0.1, -0.05) is 41.6 Å². The van der Waals surface area contributed by atoms with Gasteiger partial charge in [-0.15, -0.1) is 5.10 Å². The maximum atomic E-state index is 12.8. The van der Waals surface area contributed by atoms with Crippen molar-refractivity contribution in [2.45, 2.75) is 31.2 Å². The number of amides is 1. The van der Waals surface area contributed by atoms with Crippen molar-refractivity contribution in [3.05, 3.63) is 46.5 Å². The third-order valence-electron chi connectivity index (χ3n) is 4.48. The van der Waals surface area contributed by atoms with Crippen LogP contribution in [-0.2, 0) is 4.79 Å². The number of aryl methyl sites for hydroxylation is 2. The minimum Gasteiger partial charge on any atom is -0.495 e. The fraction of sp³-hybridized carbons (Fsp3) is 0.300. The summed E-state index contributed by atoms with van der Waals surface area (Å²) < 4.78 is 12.2. The highest BCUT2D eigenvalue weighted by Crippen LogP contribution is 2.36. The number of hydrogen-bond acceptors (Lipinski definition) is 7. The normalized spacial score (nSPS) is 11.8. The molecule has 158 valence electrons. The molecule has 2 aromatic carbocycles. The Morgan fingerprint density at radius 3 is 2.47 bits per heavy atom. The Hall–Kier alpha value is -2.78. The zero-order valence-electron chi connectivity index (χ0n) is 17.3. The third-order valence-corrected chi connectivity index (χ3v) is 5.80. The van der Waals surface area contributed by atoms with Crippen LogP contribution in [0.1, 0.15) is 18.1 Å². The lowest BCUT2D eigenvalue weighted by atomic mass is 10.1. The minimum atomic E-state index is -0.481. The first-order valence-corrected chi connectivity index (χ1v) is 10.4. The van der Waals surface area contributed by atoms with E-state index in [-0.39, 0.29) is 5.91 Å². The van der Waals surface area contributed by atoms with Crippen LogP contribution in [0.15, 0.2) is 35.5 Å². The average molecular weight is 448 g/mol. The van der Waals surface area contributed by atoms with Crippen LogP contribution in [-0.4, -0.2) is 45.6 Å². The summed E-state index contributed by atoms with van der Waals surface area (Å²) in [6.45, 7) is 5.77. The van der Waals surface area contributed by atoms with Gasteiger partial charge < -0.3 is 14.8 Å². The van der Waals surface area contributed by atoms with Crippen LogP contribution >= 0.6 is 23.4 Å². The number of para-hydroxylation sites is 1. The van der Waals surface area contributed by atoms with E-state index in [1.807, 2.05) is 32.0 Å². The summed E-state index contributed by atoms with van der Waals surface area (Å²) in [5, 5.41) is 15.3. The summed E-state index contributed by atoms with van der Waals surface area (Å²) in [5.74, 6) is 0.637. The average Bonchev–Trinajstić information content (AvgIpc) is 3.16. The van der Waals surface area contributed by atoms with Crippen molar-refractivity contribution in [2.24, 2.45) is 0 Å². The van der Waals surface area contributed by atoms with Crippen molar-refractivity contribution in [1.82, 2.24) is 20.2 Å². The molecule has 8 nitrogen and oxygen atoms in total. The first-order valence-electron chi connectivity index (χ1n) is 9.09. The number of nitrogens with one attached hydrogen (secondary N) is 1. The van der Waals surface area contributed by atoms with E-state index in [9.17, 15) is 4.79 Å². The number of hydrogen-bond donors (Lipinski definition) is 1. The molecule has 3 aromatic rings. The number of anilines is 1. The standard InChI is InChI=1S/C20H22ClN5O3S/c1-11-7-6-8-12(2)18(11)26-20(23-24-25-26)30-13(3)19(27)22-15-10-16(28-4)14(21)9-17(15)29-5/h6-10,13H,1-5H3,(H,22,27)/t13-/m0/s1. The van der Waals surface area contributed by atoms with E-state index in [0.29, 0.717) is 27.4 Å². The molecule has 0 spiro atoms. The van der Waals surface area contributed by atoms with Crippen molar-refractivity contribution < 1.29 is 14.3 Å². The third kappa shape index (κ3) is 4.52. The Morgan fingerprint density at radius 1 is 1.17 bits per heavy atom. The van der Waals surface area contributed by atoms with Crippen LogP contribution in [0.2, 0.25) is 5.02 Å². The predicted octanol–water partition coefficient (Wildman–Crippen LogP) is 4.07. The van der Waals surface area contributed by atoms with Gasteiger partial charge in [0.2, 0.25) is 11.1 Å². The molecule has 0 fully saturated rings. The Bertz CT molecular complexity index is 1050. The lowest BCUT2D eigenvalue weighted by molar-refractivity contribution is -0.115. The molecule has 1 amide bonds. The van der Waals surface area contributed by atoms with E-state index in [0.717, 1.165) is 16.8 Å². The lowest BCUT2D eigenvalue weighted by Crippen LogP contribution is -2.23. The summed E-state index contributed by atoms with van der Waals surface area (Å²) in [7, 11) is 3.01. The molecule has 0 unspecified atom stereocenters. The van der Waals surface area contributed by atoms with Gasteiger partial charge in [0, 0.05) is 12.1 Å². The van der Waals surface area contributed by atoms with Crippen LogP contribution in [0.4, 0.5) is 5.69 Å². The number of carbonyl (C=O) groups is 1. The number of tetrazole rings is 1. The van der Waals surface area contributed by atoms with E-state index in [4.69, 9.17) is 21.1 Å². The van der Waals surface area contributed by atoms with Crippen molar-refractivity contribution >= 4 is 35.0 Å². The van der Waals surface area contributed by atoms with Gasteiger partial charge in [-0.3, -0.25) is 4.79 Å². The van der Waals surface area contributed by atoms with Gasteiger partial charge in [0.1, 0.15) is 11.5 Å². The molecule has 0 aliphatic carbocycles. The molecular weight excluding hydrogens is 426 g/mol. The number of rotatable bonds is 7. The van der Waals surface area contributed by atoms with Gasteiger partial charge in [-0.25, -0.2) is 0 Å². The van der Waals surface area contributed by atoms with Crippen molar-refractivity contribution in [1.29, 1.82) is 0 Å². The van der Waals surface area contributed by atoms with Crippen LogP contribution in [0, 0.1) is 13.8 Å². The Labute approximate surface area is 183 Å². The molecule has 0 bridgehead atoms. The van der Waals surface area contributed by atoms with E-state index < -0.39 is 5.25 Å². The highest BCUT2D eigenvalue weighted by molar-refractivity contribution is 8.00. The number of thioether (sulfide) groups is 1. The van der Waals surface area contributed by atoms with Crippen molar-refractivity contribution in [3.63, 3.8) is 0 Å². The SMILES string of the molecule is COc1cc(NC(=O)[C@H](C)Sc2nnnn2-c2c(C)cccc2C)c(OC)cc1Cl. The second-order valence-electron chi connectivity index (χ2n) is 6.55. The molecule has 30 heavy (non-hydrogen) atoms. The number of methoxy groups -OCH3 is 2. The molecule has 0 aliphatic heterocycles. The van der Waals surface area contributed by atoms with Gasteiger partial charge >= 0.3 is 0 Å². The highest BCUT2D eigenvalue weighted by Gasteiger charge is 2.22. The largest absolute Gasteiger partial charge is 0.495 e. The molecule has 1 aromatic heterocycles. The van der Waals surface area contributed by atoms with Crippen molar-refractivity contribution in [2.75, 3.05) is 19.5 Å². The fourth-order valence-corrected chi connectivity index (χ4v) is 3.96. The molecule has 0 aliphatic rings. The van der Waals surface area contributed by atoms with Crippen LogP contribution in [0.5, 0.6) is 11.5 Å². The second kappa shape index (κ2) is 9.36. The number of halogens is 1. The maximum Gasteiger partial charge on any atom is 0.237 e. The smallest absolute Gasteiger partial charge is 0.237 e. The quantitative estimate of drug-likeness (QED) is 0.546. The molecule has 0 radical (unpaired) electrons. The summed E-state index contributed by atoms with van der Waals surface area (Å²) >= 11 is 7.39. The Balaban J connectivity index is 1.81. The van der Waals surface area contributed by atoms with Crippen LogP contribution in [0.3, 0.4) is 0 Å². The Kier molecular flexibility index (Phi) is 6.84. The number of ether oxygens (including phenoxy) is 2. The van der Waals surface area contributed by atoms with Gasteiger partial charge in [0.15, 0.2) is 0 Å². The summed E-state index contributed by atoms with van der Waals surface area (Å²) in [6.07, 6.45) is 0. The molecule has 0 saturated carbocycles. The van der Waals surface area contributed by atoms with E-state index in [1.165, 1.54) is 26.0 Å². The highest BCUT2D eigenvalue weighted by atomic mass is 35.5.